The number of benzene rings is 1. The maximum atomic E-state index is 12.4. The van der Waals surface area contributed by atoms with Gasteiger partial charge in [0, 0.05) is 30.8 Å². The van der Waals surface area contributed by atoms with Gasteiger partial charge in [0.2, 0.25) is 0 Å². The summed E-state index contributed by atoms with van der Waals surface area (Å²) in [7, 11) is 1.91. The zero-order chi connectivity index (χ0) is 14.7. The van der Waals surface area contributed by atoms with Gasteiger partial charge >= 0.3 is 0 Å². The molecule has 0 aromatic heterocycles. The number of nitro benzene ring substituents is 1. The Balaban J connectivity index is 2.12. The van der Waals surface area contributed by atoms with Crippen molar-refractivity contribution in [3.63, 3.8) is 0 Å². The van der Waals surface area contributed by atoms with Crippen LogP contribution in [-0.2, 0) is 0 Å². The molecule has 6 nitrogen and oxygen atoms in total. The van der Waals surface area contributed by atoms with Gasteiger partial charge in [-0.05, 0) is 44.5 Å². The van der Waals surface area contributed by atoms with Crippen molar-refractivity contribution in [2.75, 3.05) is 26.7 Å². The quantitative estimate of drug-likeness (QED) is 0.669. The fraction of sp³-hybridized carbons (Fsp3) is 0.500. The maximum absolute atomic E-state index is 12.4. The first kappa shape index (κ1) is 14.5. The standard InChI is InChI=1S/C14H19N3O3/c1-10-7-12(17(19)20)3-4-13(10)14(18)16-6-5-11(9-16)8-15-2/h3-4,7,11,15H,5-6,8-9H2,1-2H3. The number of carbonyl (C=O) groups excluding carboxylic acids is 1. The summed E-state index contributed by atoms with van der Waals surface area (Å²) in [4.78, 5) is 24.5. The third kappa shape index (κ3) is 2.96. The van der Waals surface area contributed by atoms with E-state index in [-0.39, 0.29) is 11.6 Å². The predicted molar refractivity (Wildman–Crippen MR) is 75.8 cm³/mol. The van der Waals surface area contributed by atoms with Crippen LogP contribution in [0.4, 0.5) is 5.69 Å². The number of nitro groups is 1. The number of rotatable bonds is 4. The zero-order valence-electron chi connectivity index (χ0n) is 11.8. The van der Waals surface area contributed by atoms with Crippen LogP contribution >= 0.6 is 0 Å². The number of nitrogens with zero attached hydrogens (tertiary/aromatic N) is 2. The second kappa shape index (κ2) is 6.00. The van der Waals surface area contributed by atoms with Crippen molar-refractivity contribution in [1.29, 1.82) is 0 Å². The van der Waals surface area contributed by atoms with E-state index in [1.807, 2.05) is 11.9 Å². The van der Waals surface area contributed by atoms with Crippen molar-refractivity contribution in [3.05, 3.63) is 39.4 Å². The van der Waals surface area contributed by atoms with E-state index in [1.54, 1.807) is 13.0 Å². The Bertz CT molecular complexity index is 530. The highest BCUT2D eigenvalue weighted by atomic mass is 16.6. The Morgan fingerprint density at radius 2 is 2.30 bits per heavy atom. The Kier molecular flexibility index (Phi) is 4.34. The van der Waals surface area contributed by atoms with E-state index in [1.165, 1.54) is 12.1 Å². The maximum Gasteiger partial charge on any atom is 0.269 e. The highest BCUT2D eigenvalue weighted by molar-refractivity contribution is 5.96. The van der Waals surface area contributed by atoms with E-state index < -0.39 is 4.92 Å². The lowest BCUT2D eigenvalue weighted by Crippen LogP contribution is -2.30. The Morgan fingerprint density at radius 3 is 2.90 bits per heavy atom. The number of amides is 1. The summed E-state index contributed by atoms with van der Waals surface area (Å²) in [5.74, 6) is 0.457. The van der Waals surface area contributed by atoms with Gasteiger partial charge in [0.05, 0.1) is 4.92 Å². The average molecular weight is 277 g/mol. The van der Waals surface area contributed by atoms with E-state index in [0.29, 0.717) is 17.0 Å². The highest BCUT2D eigenvalue weighted by Crippen LogP contribution is 2.22. The summed E-state index contributed by atoms with van der Waals surface area (Å²) in [5.41, 5.74) is 1.23. The van der Waals surface area contributed by atoms with Gasteiger partial charge in [-0.1, -0.05) is 0 Å². The van der Waals surface area contributed by atoms with Crippen LogP contribution in [0.5, 0.6) is 0 Å². The predicted octanol–water partition coefficient (Wildman–Crippen LogP) is 1.58. The molecule has 20 heavy (non-hydrogen) atoms. The van der Waals surface area contributed by atoms with Gasteiger partial charge in [0.15, 0.2) is 0 Å². The number of carbonyl (C=O) groups is 1. The van der Waals surface area contributed by atoms with Crippen molar-refractivity contribution >= 4 is 11.6 Å². The molecule has 1 heterocycles. The molecule has 0 saturated carbocycles. The van der Waals surface area contributed by atoms with Crippen LogP contribution in [0.1, 0.15) is 22.3 Å². The molecule has 1 aromatic rings. The van der Waals surface area contributed by atoms with Crippen molar-refractivity contribution in [2.45, 2.75) is 13.3 Å². The molecular weight excluding hydrogens is 258 g/mol. The van der Waals surface area contributed by atoms with Crippen LogP contribution in [0.25, 0.3) is 0 Å². The van der Waals surface area contributed by atoms with Gasteiger partial charge in [0.25, 0.3) is 11.6 Å². The smallest absolute Gasteiger partial charge is 0.269 e. The molecule has 0 spiro atoms. The summed E-state index contributed by atoms with van der Waals surface area (Å²) in [6.45, 7) is 4.14. The first-order valence-corrected chi connectivity index (χ1v) is 6.72. The van der Waals surface area contributed by atoms with Gasteiger partial charge in [0.1, 0.15) is 0 Å². The monoisotopic (exact) mass is 277 g/mol. The van der Waals surface area contributed by atoms with Crippen molar-refractivity contribution in [1.82, 2.24) is 10.2 Å². The molecular formula is C14H19N3O3. The number of nitrogens with one attached hydrogen (secondary N) is 1. The number of hydrogen-bond acceptors (Lipinski definition) is 4. The van der Waals surface area contributed by atoms with Gasteiger partial charge in [-0.15, -0.1) is 0 Å². The second-order valence-electron chi connectivity index (χ2n) is 5.22. The molecule has 2 rings (SSSR count). The fourth-order valence-electron chi connectivity index (χ4n) is 2.64. The lowest BCUT2D eigenvalue weighted by molar-refractivity contribution is -0.384. The molecule has 1 aliphatic heterocycles. The van der Waals surface area contributed by atoms with Crippen LogP contribution in [0, 0.1) is 23.0 Å². The molecule has 1 atom stereocenters. The molecule has 0 aliphatic carbocycles. The normalized spacial score (nSPS) is 18.3. The van der Waals surface area contributed by atoms with E-state index in [2.05, 4.69) is 5.32 Å². The number of likely N-dealkylation sites (tertiary alicyclic amines) is 1. The zero-order valence-corrected chi connectivity index (χ0v) is 11.8. The lowest BCUT2D eigenvalue weighted by atomic mass is 10.1. The van der Waals surface area contributed by atoms with Gasteiger partial charge in [-0.25, -0.2) is 0 Å². The largest absolute Gasteiger partial charge is 0.338 e. The van der Waals surface area contributed by atoms with E-state index >= 15 is 0 Å². The van der Waals surface area contributed by atoms with Crippen LogP contribution in [0.15, 0.2) is 18.2 Å². The number of aryl methyl sites for hydroxylation is 1. The average Bonchev–Trinajstić information content (AvgIpc) is 2.87. The minimum absolute atomic E-state index is 0.0218. The Labute approximate surface area is 117 Å². The minimum Gasteiger partial charge on any atom is -0.338 e. The molecule has 0 bridgehead atoms. The topological polar surface area (TPSA) is 75.5 Å². The number of non-ortho nitro benzene ring substituents is 1. The van der Waals surface area contributed by atoms with E-state index in [0.717, 1.165) is 26.1 Å². The Morgan fingerprint density at radius 1 is 1.55 bits per heavy atom. The van der Waals surface area contributed by atoms with Crippen LogP contribution < -0.4 is 5.32 Å². The molecule has 1 aliphatic rings. The summed E-state index contributed by atoms with van der Waals surface area (Å²) in [6, 6.07) is 4.40. The summed E-state index contributed by atoms with van der Waals surface area (Å²) in [5, 5.41) is 13.8. The van der Waals surface area contributed by atoms with Crippen molar-refractivity contribution in [2.24, 2.45) is 5.92 Å². The highest BCUT2D eigenvalue weighted by Gasteiger charge is 2.27. The van der Waals surface area contributed by atoms with Gasteiger partial charge < -0.3 is 10.2 Å². The third-order valence-corrected chi connectivity index (χ3v) is 3.72. The molecule has 1 fully saturated rings. The molecule has 6 heteroatoms. The van der Waals surface area contributed by atoms with E-state index in [4.69, 9.17) is 0 Å². The van der Waals surface area contributed by atoms with Crippen LogP contribution in [0.3, 0.4) is 0 Å². The molecule has 1 N–H and O–H groups in total. The first-order chi connectivity index (χ1) is 9.52. The first-order valence-electron chi connectivity index (χ1n) is 6.72. The Hall–Kier alpha value is -1.95. The van der Waals surface area contributed by atoms with Gasteiger partial charge in [-0.3, -0.25) is 14.9 Å². The second-order valence-corrected chi connectivity index (χ2v) is 5.22. The molecule has 0 radical (unpaired) electrons. The lowest BCUT2D eigenvalue weighted by Gasteiger charge is -2.17. The number of hydrogen-bond donors (Lipinski definition) is 1. The van der Waals surface area contributed by atoms with Gasteiger partial charge in [-0.2, -0.15) is 0 Å². The summed E-state index contributed by atoms with van der Waals surface area (Å²) >= 11 is 0. The van der Waals surface area contributed by atoms with Crippen molar-refractivity contribution < 1.29 is 9.72 Å². The van der Waals surface area contributed by atoms with Crippen LogP contribution in [0.2, 0.25) is 0 Å². The molecule has 1 unspecified atom stereocenters. The SMILES string of the molecule is CNCC1CCN(C(=O)c2ccc([N+](=O)[O-])cc2C)C1. The molecule has 1 saturated heterocycles. The molecule has 1 aromatic carbocycles. The minimum atomic E-state index is -0.444. The fourth-order valence-corrected chi connectivity index (χ4v) is 2.64. The van der Waals surface area contributed by atoms with Crippen molar-refractivity contribution in [3.8, 4) is 0 Å². The van der Waals surface area contributed by atoms with Crippen LogP contribution in [-0.4, -0.2) is 42.4 Å². The summed E-state index contributed by atoms with van der Waals surface area (Å²) in [6.07, 6.45) is 0.999. The molecule has 1 amide bonds. The third-order valence-electron chi connectivity index (χ3n) is 3.72. The van der Waals surface area contributed by atoms with E-state index in [9.17, 15) is 14.9 Å². The molecule has 108 valence electrons. The summed E-state index contributed by atoms with van der Waals surface area (Å²) < 4.78 is 0.